The Hall–Kier alpha value is 1.53. The van der Waals surface area contributed by atoms with Gasteiger partial charge in [0.15, 0.2) is 0 Å². The first-order valence-electron chi connectivity index (χ1n) is 7.57. The summed E-state index contributed by atoms with van der Waals surface area (Å²) in [5.41, 5.74) is 0. The SMILES string of the molecule is CCC(COCC(CC)CC(C)C)CC(C)C.[Ba]. The van der Waals surface area contributed by atoms with E-state index in [9.17, 15) is 0 Å². The Morgan fingerprint density at radius 1 is 0.722 bits per heavy atom. The third-order valence-electron chi connectivity index (χ3n) is 3.47. The Bertz CT molecular complexity index is 150. The molecule has 0 heterocycles. The maximum Gasteiger partial charge on any atom is 0.0494 e. The van der Waals surface area contributed by atoms with Gasteiger partial charge in [0, 0.05) is 62.1 Å². The van der Waals surface area contributed by atoms with Crippen LogP contribution in [0.15, 0.2) is 0 Å². The van der Waals surface area contributed by atoms with E-state index in [1.54, 1.807) is 0 Å². The van der Waals surface area contributed by atoms with Crippen molar-refractivity contribution in [1.82, 2.24) is 0 Å². The van der Waals surface area contributed by atoms with Gasteiger partial charge in [-0.15, -0.1) is 0 Å². The summed E-state index contributed by atoms with van der Waals surface area (Å²) in [4.78, 5) is 0. The van der Waals surface area contributed by atoms with Crippen LogP contribution in [0.4, 0.5) is 0 Å². The summed E-state index contributed by atoms with van der Waals surface area (Å²) in [6.07, 6.45) is 5.10. The predicted molar refractivity (Wildman–Crippen MR) is 83.0 cm³/mol. The zero-order valence-corrected chi connectivity index (χ0v) is 18.1. The molecule has 0 aliphatic heterocycles. The van der Waals surface area contributed by atoms with Crippen LogP contribution in [0.1, 0.15) is 67.2 Å². The molecule has 18 heavy (non-hydrogen) atoms. The van der Waals surface area contributed by atoms with Crippen LogP contribution in [0.2, 0.25) is 0 Å². The summed E-state index contributed by atoms with van der Waals surface area (Å²) >= 11 is 0. The van der Waals surface area contributed by atoms with Gasteiger partial charge in [-0.1, -0.05) is 54.4 Å². The van der Waals surface area contributed by atoms with Crippen LogP contribution in [-0.2, 0) is 4.74 Å². The van der Waals surface area contributed by atoms with Gasteiger partial charge in [0.05, 0.1) is 0 Å². The molecule has 0 aromatic carbocycles. The van der Waals surface area contributed by atoms with E-state index in [4.69, 9.17) is 4.74 Å². The smallest absolute Gasteiger partial charge is 0.0494 e. The molecule has 0 fully saturated rings. The van der Waals surface area contributed by atoms with Crippen LogP contribution < -0.4 is 0 Å². The van der Waals surface area contributed by atoms with Gasteiger partial charge < -0.3 is 4.74 Å². The molecule has 0 aliphatic rings. The van der Waals surface area contributed by atoms with Gasteiger partial charge in [-0.25, -0.2) is 0 Å². The van der Waals surface area contributed by atoms with Crippen molar-refractivity contribution in [2.45, 2.75) is 67.2 Å². The maximum absolute atomic E-state index is 5.94. The molecule has 0 amide bonds. The molecule has 0 saturated heterocycles. The molecular formula is C16H34BaO. The topological polar surface area (TPSA) is 9.23 Å². The van der Waals surface area contributed by atoms with Crippen molar-refractivity contribution in [3.05, 3.63) is 0 Å². The number of ether oxygens (including phenoxy) is 1. The first kappa shape index (κ1) is 21.8. The van der Waals surface area contributed by atoms with E-state index in [1.807, 2.05) is 0 Å². The molecular weight excluding hydrogens is 346 g/mol. The van der Waals surface area contributed by atoms with Crippen LogP contribution in [0.5, 0.6) is 0 Å². The summed E-state index contributed by atoms with van der Waals surface area (Å²) in [7, 11) is 0. The van der Waals surface area contributed by atoms with Gasteiger partial charge in [0.25, 0.3) is 0 Å². The second-order valence-corrected chi connectivity index (χ2v) is 6.35. The van der Waals surface area contributed by atoms with E-state index in [0.29, 0.717) is 0 Å². The van der Waals surface area contributed by atoms with Crippen molar-refractivity contribution in [3.8, 4) is 0 Å². The molecule has 0 spiro atoms. The van der Waals surface area contributed by atoms with Crippen molar-refractivity contribution in [2.75, 3.05) is 13.2 Å². The Balaban J connectivity index is 0. The molecule has 0 bridgehead atoms. The Kier molecular flexibility index (Phi) is 16.4. The summed E-state index contributed by atoms with van der Waals surface area (Å²) in [6, 6.07) is 0. The molecule has 2 unspecified atom stereocenters. The molecule has 2 radical (unpaired) electrons. The Labute approximate surface area is 156 Å². The Morgan fingerprint density at radius 3 is 1.28 bits per heavy atom. The minimum absolute atomic E-state index is 0. The Morgan fingerprint density at radius 2 is 1.06 bits per heavy atom. The fourth-order valence-electron chi connectivity index (χ4n) is 2.44. The van der Waals surface area contributed by atoms with E-state index in [0.717, 1.165) is 36.9 Å². The molecule has 106 valence electrons. The van der Waals surface area contributed by atoms with E-state index < -0.39 is 0 Å². The molecule has 0 saturated carbocycles. The van der Waals surface area contributed by atoms with Gasteiger partial charge in [-0.2, -0.15) is 0 Å². The molecule has 0 aromatic heterocycles. The normalized spacial score (nSPS) is 14.7. The van der Waals surface area contributed by atoms with Gasteiger partial charge in [0.2, 0.25) is 0 Å². The van der Waals surface area contributed by atoms with Crippen LogP contribution in [0, 0.1) is 23.7 Å². The molecule has 0 rings (SSSR count). The number of hydrogen-bond acceptors (Lipinski definition) is 1. The molecule has 0 aromatic rings. The zero-order chi connectivity index (χ0) is 13.3. The fraction of sp³-hybridized carbons (Fsp3) is 1.00. The summed E-state index contributed by atoms with van der Waals surface area (Å²) in [5.74, 6) is 3.10. The van der Waals surface area contributed by atoms with Gasteiger partial charge in [-0.05, 0) is 36.5 Å². The van der Waals surface area contributed by atoms with Gasteiger partial charge in [-0.3, -0.25) is 0 Å². The molecule has 2 heteroatoms. The third kappa shape index (κ3) is 12.6. The quantitative estimate of drug-likeness (QED) is 0.497. The molecule has 0 aliphatic carbocycles. The van der Waals surface area contributed by atoms with E-state index in [1.165, 1.54) is 25.7 Å². The number of hydrogen-bond donors (Lipinski definition) is 0. The minimum Gasteiger partial charge on any atom is -0.381 e. The summed E-state index contributed by atoms with van der Waals surface area (Å²) in [6.45, 7) is 15.7. The van der Waals surface area contributed by atoms with Crippen molar-refractivity contribution in [3.63, 3.8) is 0 Å². The zero-order valence-electron chi connectivity index (χ0n) is 13.7. The average Bonchev–Trinajstić information content (AvgIpc) is 2.25. The first-order chi connectivity index (χ1) is 7.99. The minimum atomic E-state index is 0. The van der Waals surface area contributed by atoms with Crippen LogP contribution in [0.25, 0.3) is 0 Å². The largest absolute Gasteiger partial charge is 0.381 e. The number of rotatable bonds is 10. The molecule has 1 nitrogen and oxygen atoms in total. The van der Waals surface area contributed by atoms with Crippen LogP contribution >= 0.6 is 0 Å². The van der Waals surface area contributed by atoms with Crippen molar-refractivity contribution in [1.29, 1.82) is 0 Å². The van der Waals surface area contributed by atoms with Gasteiger partial charge >= 0.3 is 0 Å². The summed E-state index contributed by atoms with van der Waals surface area (Å²) in [5, 5.41) is 0. The third-order valence-corrected chi connectivity index (χ3v) is 3.47. The predicted octanol–water partition coefficient (Wildman–Crippen LogP) is 4.77. The first-order valence-corrected chi connectivity index (χ1v) is 7.57. The maximum atomic E-state index is 5.94. The van der Waals surface area contributed by atoms with Gasteiger partial charge in [0.1, 0.15) is 0 Å². The van der Waals surface area contributed by atoms with Crippen molar-refractivity contribution >= 4 is 48.9 Å². The van der Waals surface area contributed by atoms with Crippen molar-refractivity contribution < 1.29 is 4.74 Å². The standard InChI is InChI=1S/C16H34O.Ba/c1-7-15(9-13(3)4)11-17-12-16(8-2)10-14(5)6;/h13-16H,7-12H2,1-6H3;. The van der Waals surface area contributed by atoms with Crippen LogP contribution in [-0.4, -0.2) is 62.1 Å². The van der Waals surface area contributed by atoms with Crippen molar-refractivity contribution in [2.24, 2.45) is 23.7 Å². The van der Waals surface area contributed by atoms with E-state index in [-0.39, 0.29) is 48.9 Å². The second kappa shape index (κ2) is 13.5. The van der Waals surface area contributed by atoms with E-state index in [2.05, 4.69) is 41.5 Å². The average molecular weight is 380 g/mol. The fourth-order valence-corrected chi connectivity index (χ4v) is 2.44. The molecule has 2 atom stereocenters. The summed E-state index contributed by atoms with van der Waals surface area (Å²) < 4.78 is 5.94. The second-order valence-electron chi connectivity index (χ2n) is 6.35. The molecule has 0 N–H and O–H groups in total. The van der Waals surface area contributed by atoms with E-state index >= 15 is 0 Å². The van der Waals surface area contributed by atoms with Crippen LogP contribution in [0.3, 0.4) is 0 Å². The monoisotopic (exact) mass is 380 g/mol.